The molecular weight excluding hydrogens is 369 g/mol. The molecular formula is C21H23F3N2O2. The van der Waals surface area contributed by atoms with Crippen LogP contribution in [0, 0.1) is 0 Å². The molecule has 0 saturated carbocycles. The number of anilines is 2. The molecule has 2 rings (SSSR count). The summed E-state index contributed by atoms with van der Waals surface area (Å²) in [4.78, 5) is 25.5. The van der Waals surface area contributed by atoms with Crippen LogP contribution in [0.2, 0.25) is 0 Å². The van der Waals surface area contributed by atoms with Gasteiger partial charge in [0.15, 0.2) is 0 Å². The number of alkyl halides is 3. The number of hydrogen-bond donors (Lipinski definition) is 1. The Morgan fingerprint density at radius 2 is 1.54 bits per heavy atom. The van der Waals surface area contributed by atoms with Crippen molar-refractivity contribution in [2.75, 3.05) is 16.8 Å². The van der Waals surface area contributed by atoms with Gasteiger partial charge in [-0.15, -0.1) is 0 Å². The van der Waals surface area contributed by atoms with E-state index in [1.54, 1.807) is 0 Å². The van der Waals surface area contributed by atoms with E-state index in [2.05, 4.69) is 5.32 Å². The summed E-state index contributed by atoms with van der Waals surface area (Å²) in [6.07, 6.45) is -3.25. The van der Waals surface area contributed by atoms with Crippen LogP contribution in [0.25, 0.3) is 0 Å². The smallest absolute Gasteiger partial charge is 0.324 e. The maximum Gasteiger partial charge on any atom is 0.418 e. The van der Waals surface area contributed by atoms with E-state index >= 15 is 0 Å². The average molecular weight is 392 g/mol. The van der Waals surface area contributed by atoms with Gasteiger partial charge < -0.3 is 10.2 Å². The first-order valence-electron chi connectivity index (χ1n) is 9.03. The van der Waals surface area contributed by atoms with E-state index < -0.39 is 30.1 Å². The quantitative estimate of drug-likeness (QED) is 0.766. The van der Waals surface area contributed by atoms with Crippen molar-refractivity contribution in [3.05, 3.63) is 59.2 Å². The number of carbonyl (C=O) groups excluding carboxylic acids is 2. The summed E-state index contributed by atoms with van der Waals surface area (Å²) >= 11 is 0. The van der Waals surface area contributed by atoms with E-state index in [0.717, 1.165) is 29.0 Å². The van der Waals surface area contributed by atoms with E-state index in [-0.39, 0.29) is 5.69 Å². The van der Waals surface area contributed by atoms with Gasteiger partial charge >= 0.3 is 6.18 Å². The molecule has 150 valence electrons. The Balaban J connectivity index is 2.33. The van der Waals surface area contributed by atoms with Crippen molar-refractivity contribution in [2.45, 2.75) is 39.8 Å². The molecule has 0 spiro atoms. The minimum atomic E-state index is -4.63. The lowest BCUT2D eigenvalue weighted by atomic mass is 10.0. The number of halogens is 3. The number of aryl methyl sites for hydroxylation is 2. The van der Waals surface area contributed by atoms with Crippen LogP contribution < -0.4 is 10.2 Å². The second-order valence-electron chi connectivity index (χ2n) is 6.33. The first kappa shape index (κ1) is 21.5. The Morgan fingerprint density at radius 3 is 2.04 bits per heavy atom. The second kappa shape index (κ2) is 8.91. The van der Waals surface area contributed by atoms with E-state index in [0.29, 0.717) is 18.5 Å². The van der Waals surface area contributed by atoms with Gasteiger partial charge in [-0.1, -0.05) is 44.2 Å². The molecule has 2 aromatic rings. The third-order valence-electron chi connectivity index (χ3n) is 4.45. The standard InChI is InChI=1S/C21H23F3N2O2/c1-4-15-9-8-10-16(5-2)20(15)25-19(28)13-26(14(3)27)18-12-7-6-11-17(18)21(22,23)24/h6-12H,4-5,13H2,1-3H3,(H,25,28). The van der Waals surface area contributed by atoms with Gasteiger partial charge in [0.25, 0.3) is 0 Å². The van der Waals surface area contributed by atoms with Crippen LogP contribution in [0.1, 0.15) is 37.5 Å². The minimum Gasteiger partial charge on any atom is -0.324 e. The van der Waals surface area contributed by atoms with Gasteiger partial charge in [0.1, 0.15) is 6.54 Å². The highest BCUT2D eigenvalue weighted by Gasteiger charge is 2.35. The minimum absolute atomic E-state index is 0.336. The number of amides is 2. The summed E-state index contributed by atoms with van der Waals surface area (Å²) < 4.78 is 39.9. The highest BCUT2D eigenvalue weighted by molar-refractivity contribution is 6.02. The van der Waals surface area contributed by atoms with Crippen molar-refractivity contribution in [1.82, 2.24) is 0 Å². The number of carbonyl (C=O) groups is 2. The molecule has 0 aliphatic rings. The third-order valence-corrected chi connectivity index (χ3v) is 4.45. The van der Waals surface area contributed by atoms with Gasteiger partial charge in [-0.2, -0.15) is 13.2 Å². The third kappa shape index (κ3) is 4.91. The van der Waals surface area contributed by atoms with Crippen molar-refractivity contribution in [1.29, 1.82) is 0 Å². The van der Waals surface area contributed by atoms with E-state index in [1.165, 1.54) is 18.2 Å². The zero-order valence-corrected chi connectivity index (χ0v) is 16.1. The zero-order chi connectivity index (χ0) is 20.9. The first-order chi connectivity index (χ1) is 13.2. The largest absolute Gasteiger partial charge is 0.418 e. The summed E-state index contributed by atoms with van der Waals surface area (Å²) in [5, 5.41) is 2.78. The van der Waals surface area contributed by atoms with Crippen LogP contribution >= 0.6 is 0 Å². The summed E-state index contributed by atoms with van der Waals surface area (Å²) in [7, 11) is 0. The Morgan fingerprint density at radius 1 is 0.964 bits per heavy atom. The first-order valence-corrected chi connectivity index (χ1v) is 9.03. The van der Waals surface area contributed by atoms with Crippen molar-refractivity contribution >= 4 is 23.2 Å². The van der Waals surface area contributed by atoms with Crippen LogP contribution in [-0.4, -0.2) is 18.4 Å². The molecule has 28 heavy (non-hydrogen) atoms. The Kier molecular flexibility index (Phi) is 6.83. The molecule has 0 atom stereocenters. The predicted molar refractivity (Wildman–Crippen MR) is 103 cm³/mol. The molecule has 0 aliphatic carbocycles. The van der Waals surface area contributed by atoms with E-state index in [1.807, 2.05) is 32.0 Å². The van der Waals surface area contributed by atoms with Crippen LogP contribution in [0.5, 0.6) is 0 Å². The molecule has 0 unspecified atom stereocenters. The van der Waals surface area contributed by atoms with Crippen LogP contribution in [0.3, 0.4) is 0 Å². The molecule has 2 amide bonds. The highest BCUT2D eigenvalue weighted by atomic mass is 19.4. The number of rotatable bonds is 6. The molecule has 0 aromatic heterocycles. The lowest BCUT2D eigenvalue weighted by molar-refractivity contribution is -0.137. The van der Waals surface area contributed by atoms with Crippen LogP contribution in [0.15, 0.2) is 42.5 Å². The Bertz CT molecular complexity index is 841. The van der Waals surface area contributed by atoms with Crippen molar-refractivity contribution in [2.24, 2.45) is 0 Å². The normalized spacial score (nSPS) is 11.2. The molecule has 0 radical (unpaired) electrons. The fourth-order valence-electron chi connectivity index (χ4n) is 3.04. The Hall–Kier alpha value is -2.83. The molecule has 0 heterocycles. The summed E-state index contributed by atoms with van der Waals surface area (Å²) in [5.74, 6) is -1.20. The van der Waals surface area contributed by atoms with Crippen LogP contribution in [0.4, 0.5) is 24.5 Å². The number of para-hydroxylation sites is 2. The van der Waals surface area contributed by atoms with Gasteiger partial charge in [-0.3, -0.25) is 9.59 Å². The number of nitrogens with one attached hydrogen (secondary N) is 1. The van der Waals surface area contributed by atoms with E-state index in [9.17, 15) is 22.8 Å². The summed E-state index contributed by atoms with van der Waals surface area (Å²) in [5.41, 5.74) is 1.22. The highest BCUT2D eigenvalue weighted by Crippen LogP contribution is 2.36. The Labute approximate surface area is 162 Å². The predicted octanol–water partition coefficient (Wildman–Crippen LogP) is 4.82. The van der Waals surface area contributed by atoms with Crippen molar-refractivity contribution in [3.63, 3.8) is 0 Å². The van der Waals surface area contributed by atoms with Gasteiger partial charge in [0.2, 0.25) is 11.8 Å². The monoisotopic (exact) mass is 392 g/mol. The van der Waals surface area contributed by atoms with Gasteiger partial charge in [-0.25, -0.2) is 0 Å². The fraction of sp³-hybridized carbons (Fsp3) is 0.333. The van der Waals surface area contributed by atoms with Crippen molar-refractivity contribution < 1.29 is 22.8 Å². The number of benzene rings is 2. The fourth-order valence-corrected chi connectivity index (χ4v) is 3.04. The summed E-state index contributed by atoms with van der Waals surface area (Å²) in [6, 6.07) is 10.4. The molecule has 7 heteroatoms. The molecule has 2 aromatic carbocycles. The molecule has 1 N–H and O–H groups in total. The molecule has 0 aliphatic heterocycles. The number of nitrogens with zero attached hydrogens (tertiary/aromatic N) is 1. The lowest BCUT2D eigenvalue weighted by Crippen LogP contribution is -2.38. The topological polar surface area (TPSA) is 49.4 Å². The second-order valence-corrected chi connectivity index (χ2v) is 6.33. The van der Waals surface area contributed by atoms with Crippen molar-refractivity contribution in [3.8, 4) is 0 Å². The lowest BCUT2D eigenvalue weighted by Gasteiger charge is -2.25. The SMILES string of the molecule is CCc1cccc(CC)c1NC(=O)CN(C(C)=O)c1ccccc1C(F)(F)F. The molecule has 0 saturated heterocycles. The number of hydrogen-bond acceptors (Lipinski definition) is 2. The van der Waals surface area contributed by atoms with Crippen LogP contribution in [-0.2, 0) is 28.6 Å². The molecule has 0 bridgehead atoms. The van der Waals surface area contributed by atoms with Gasteiger partial charge in [0, 0.05) is 12.6 Å². The maximum absolute atomic E-state index is 13.3. The van der Waals surface area contributed by atoms with Gasteiger partial charge in [-0.05, 0) is 36.1 Å². The average Bonchev–Trinajstić information content (AvgIpc) is 2.65. The maximum atomic E-state index is 13.3. The summed E-state index contributed by atoms with van der Waals surface area (Å²) in [6.45, 7) is 4.53. The molecule has 4 nitrogen and oxygen atoms in total. The zero-order valence-electron chi connectivity index (χ0n) is 16.1. The van der Waals surface area contributed by atoms with E-state index in [4.69, 9.17) is 0 Å². The molecule has 0 fully saturated rings. The van der Waals surface area contributed by atoms with Gasteiger partial charge in [0.05, 0.1) is 11.3 Å².